The van der Waals surface area contributed by atoms with E-state index in [9.17, 15) is 9.59 Å². The van der Waals surface area contributed by atoms with Gasteiger partial charge in [0.1, 0.15) is 12.4 Å². The van der Waals surface area contributed by atoms with E-state index in [-0.39, 0.29) is 24.3 Å². The predicted octanol–water partition coefficient (Wildman–Crippen LogP) is 2.18. The van der Waals surface area contributed by atoms with Gasteiger partial charge in [0, 0.05) is 19.0 Å². The molecule has 7 heteroatoms. The fourth-order valence-electron chi connectivity index (χ4n) is 2.32. The van der Waals surface area contributed by atoms with Gasteiger partial charge in [0.25, 0.3) is 0 Å². The number of carboxylic acids is 1. The van der Waals surface area contributed by atoms with Gasteiger partial charge in [-0.15, -0.1) is 0 Å². The fourth-order valence-corrected chi connectivity index (χ4v) is 2.32. The van der Waals surface area contributed by atoms with Crippen LogP contribution in [0.5, 0.6) is 0 Å². The van der Waals surface area contributed by atoms with E-state index < -0.39 is 5.97 Å². The third-order valence-electron chi connectivity index (χ3n) is 3.44. The van der Waals surface area contributed by atoms with Crippen LogP contribution in [0.1, 0.15) is 40.9 Å². The number of likely N-dealkylation sites (tertiary alicyclic amines) is 1. The number of aryl methyl sites for hydroxylation is 1. The summed E-state index contributed by atoms with van der Waals surface area (Å²) >= 11 is 0. The molecule has 0 radical (unpaired) electrons. The highest BCUT2D eigenvalue weighted by molar-refractivity contribution is 5.86. The molecule has 0 unspecified atom stereocenters. The largest absolute Gasteiger partial charge is 0.476 e. The third kappa shape index (κ3) is 3.42. The van der Waals surface area contributed by atoms with Crippen molar-refractivity contribution >= 4 is 12.1 Å². The van der Waals surface area contributed by atoms with Gasteiger partial charge in [-0.2, -0.15) is 0 Å². The van der Waals surface area contributed by atoms with Crippen molar-refractivity contribution in [1.29, 1.82) is 0 Å². The Morgan fingerprint density at radius 3 is 2.71 bits per heavy atom. The van der Waals surface area contributed by atoms with Crippen LogP contribution in [0, 0.1) is 6.92 Å². The maximum atomic E-state index is 11.7. The first kappa shape index (κ1) is 15.1. The van der Waals surface area contributed by atoms with Crippen LogP contribution in [-0.2, 0) is 4.74 Å². The van der Waals surface area contributed by atoms with Crippen LogP contribution in [-0.4, -0.2) is 46.7 Å². The number of aromatic carboxylic acids is 1. The molecule has 1 fully saturated rings. The summed E-state index contributed by atoms with van der Waals surface area (Å²) in [6.45, 7) is 6.33. The summed E-state index contributed by atoms with van der Waals surface area (Å²) in [5.41, 5.74) is -0.0437. The van der Waals surface area contributed by atoms with E-state index in [0.717, 1.165) is 0 Å². The van der Waals surface area contributed by atoms with Crippen LogP contribution in [0.2, 0.25) is 0 Å². The molecule has 21 heavy (non-hydrogen) atoms. The normalized spacial score (nSPS) is 15.8. The molecule has 0 atom stereocenters. The minimum Gasteiger partial charge on any atom is -0.476 e. The van der Waals surface area contributed by atoms with E-state index in [1.807, 2.05) is 0 Å². The second-order valence-electron chi connectivity index (χ2n) is 4.89. The SMILES string of the molecule is C=CCOC(=O)N1CCC(c2nc(C(=O)O)c(C)o2)CC1. The Labute approximate surface area is 122 Å². The predicted molar refractivity (Wildman–Crippen MR) is 73.3 cm³/mol. The molecule has 1 aromatic heterocycles. The second kappa shape index (κ2) is 6.43. The number of oxazole rings is 1. The van der Waals surface area contributed by atoms with Gasteiger partial charge in [0.15, 0.2) is 11.6 Å². The highest BCUT2D eigenvalue weighted by atomic mass is 16.6. The molecule has 1 aliphatic heterocycles. The molecule has 1 aromatic rings. The quantitative estimate of drug-likeness (QED) is 0.855. The van der Waals surface area contributed by atoms with Crippen molar-refractivity contribution in [2.75, 3.05) is 19.7 Å². The molecule has 7 nitrogen and oxygen atoms in total. The van der Waals surface area contributed by atoms with E-state index in [1.165, 1.54) is 6.08 Å². The van der Waals surface area contributed by atoms with E-state index in [2.05, 4.69) is 11.6 Å². The van der Waals surface area contributed by atoms with Gasteiger partial charge < -0.3 is 19.2 Å². The van der Waals surface area contributed by atoms with E-state index in [1.54, 1.807) is 11.8 Å². The highest BCUT2D eigenvalue weighted by Gasteiger charge is 2.29. The second-order valence-corrected chi connectivity index (χ2v) is 4.89. The zero-order chi connectivity index (χ0) is 15.4. The van der Waals surface area contributed by atoms with Gasteiger partial charge in [-0.25, -0.2) is 14.6 Å². The maximum absolute atomic E-state index is 11.7. The van der Waals surface area contributed by atoms with Crippen LogP contribution in [0.15, 0.2) is 17.1 Å². The first-order valence-corrected chi connectivity index (χ1v) is 6.76. The smallest absolute Gasteiger partial charge is 0.410 e. The number of hydrogen-bond acceptors (Lipinski definition) is 5. The lowest BCUT2D eigenvalue weighted by Gasteiger charge is -2.29. The van der Waals surface area contributed by atoms with Gasteiger partial charge in [0.05, 0.1) is 0 Å². The molecule has 1 amide bonds. The molecule has 1 saturated heterocycles. The third-order valence-corrected chi connectivity index (χ3v) is 3.44. The number of carboxylic acid groups (broad SMARTS) is 1. The van der Waals surface area contributed by atoms with E-state index in [4.69, 9.17) is 14.3 Å². The lowest BCUT2D eigenvalue weighted by molar-refractivity contribution is 0.0689. The summed E-state index contributed by atoms with van der Waals surface area (Å²) in [6.07, 6.45) is 2.50. The molecule has 2 rings (SSSR count). The summed E-state index contributed by atoms with van der Waals surface area (Å²) in [5, 5.41) is 8.97. The molecule has 1 N–H and O–H groups in total. The van der Waals surface area contributed by atoms with Crippen molar-refractivity contribution in [3.8, 4) is 0 Å². The van der Waals surface area contributed by atoms with Gasteiger partial charge in [0.2, 0.25) is 0 Å². The van der Waals surface area contributed by atoms with Gasteiger partial charge >= 0.3 is 12.1 Å². The van der Waals surface area contributed by atoms with Crippen LogP contribution in [0.25, 0.3) is 0 Å². The minimum absolute atomic E-state index is 0.0280. The molecule has 0 aromatic carbocycles. The molecule has 0 bridgehead atoms. The van der Waals surface area contributed by atoms with Gasteiger partial charge in [-0.1, -0.05) is 12.7 Å². The summed E-state index contributed by atoms with van der Waals surface area (Å²) < 4.78 is 10.4. The fraction of sp³-hybridized carbons (Fsp3) is 0.500. The molecule has 114 valence electrons. The lowest BCUT2D eigenvalue weighted by atomic mass is 9.97. The standard InChI is InChI=1S/C14H18N2O5/c1-3-8-20-14(19)16-6-4-10(5-7-16)12-15-11(13(17)18)9(2)21-12/h3,10H,1,4-8H2,2H3,(H,17,18). The molecular weight excluding hydrogens is 276 g/mol. The molecule has 0 spiro atoms. The number of rotatable bonds is 4. The van der Waals surface area contributed by atoms with Crippen LogP contribution in [0.3, 0.4) is 0 Å². The highest BCUT2D eigenvalue weighted by Crippen LogP contribution is 2.29. The van der Waals surface area contributed by atoms with Crippen molar-refractivity contribution in [3.63, 3.8) is 0 Å². The topological polar surface area (TPSA) is 92.9 Å². The Morgan fingerprint density at radius 1 is 1.52 bits per heavy atom. The Balaban J connectivity index is 1.95. The average molecular weight is 294 g/mol. The number of carbonyl (C=O) groups is 2. The van der Waals surface area contributed by atoms with Crippen molar-refractivity contribution in [3.05, 3.63) is 30.0 Å². The average Bonchev–Trinajstić information content (AvgIpc) is 2.87. The number of piperidine rings is 1. The zero-order valence-corrected chi connectivity index (χ0v) is 11.9. The lowest BCUT2D eigenvalue weighted by Crippen LogP contribution is -2.38. The van der Waals surface area contributed by atoms with Crippen LogP contribution in [0.4, 0.5) is 4.79 Å². The number of amides is 1. The summed E-state index contributed by atoms with van der Waals surface area (Å²) in [6, 6.07) is 0. The molecule has 2 heterocycles. The van der Waals surface area contributed by atoms with E-state index >= 15 is 0 Å². The Kier molecular flexibility index (Phi) is 4.62. The molecule has 0 saturated carbocycles. The Bertz CT molecular complexity index is 544. The van der Waals surface area contributed by atoms with Crippen molar-refractivity contribution in [1.82, 2.24) is 9.88 Å². The number of hydrogen-bond donors (Lipinski definition) is 1. The van der Waals surface area contributed by atoms with Gasteiger partial charge in [-0.3, -0.25) is 0 Å². The number of ether oxygens (including phenoxy) is 1. The summed E-state index contributed by atoms with van der Waals surface area (Å²) in [5.74, 6) is -0.317. The number of nitrogens with zero attached hydrogens (tertiary/aromatic N) is 2. The first-order valence-electron chi connectivity index (χ1n) is 6.76. The Hall–Kier alpha value is -2.31. The first-order chi connectivity index (χ1) is 10.0. The molecular formula is C14H18N2O5. The summed E-state index contributed by atoms with van der Waals surface area (Å²) in [4.78, 5) is 28.3. The van der Waals surface area contributed by atoms with Crippen molar-refractivity contribution in [2.45, 2.75) is 25.7 Å². The maximum Gasteiger partial charge on any atom is 0.410 e. The number of aromatic nitrogens is 1. The zero-order valence-electron chi connectivity index (χ0n) is 11.9. The van der Waals surface area contributed by atoms with Gasteiger partial charge in [-0.05, 0) is 19.8 Å². The van der Waals surface area contributed by atoms with E-state index in [0.29, 0.717) is 37.6 Å². The van der Waals surface area contributed by atoms with Crippen molar-refractivity contribution in [2.24, 2.45) is 0 Å². The monoisotopic (exact) mass is 294 g/mol. The molecule has 0 aliphatic carbocycles. The molecule has 1 aliphatic rings. The Morgan fingerprint density at radius 2 is 2.19 bits per heavy atom. The number of carbonyl (C=O) groups excluding carboxylic acids is 1. The van der Waals surface area contributed by atoms with Crippen molar-refractivity contribution < 1.29 is 23.8 Å². The van der Waals surface area contributed by atoms with Crippen LogP contribution >= 0.6 is 0 Å². The van der Waals surface area contributed by atoms with Crippen LogP contribution < -0.4 is 0 Å². The minimum atomic E-state index is -1.09. The summed E-state index contributed by atoms with van der Waals surface area (Å²) in [7, 11) is 0.